The first-order valence-corrected chi connectivity index (χ1v) is 9.63. The molecule has 1 N–H and O–H groups in total. The predicted molar refractivity (Wildman–Crippen MR) is 102 cm³/mol. The van der Waals surface area contributed by atoms with Crippen LogP contribution in [0.3, 0.4) is 0 Å². The highest BCUT2D eigenvalue weighted by atomic mass is 16.5. The number of fused-ring (bicyclic) bond motifs is 1. The number of rotatable bonds is 6. The Kier molecular flexibility index (Phi) is 5.36. The molecule has 142 valence electrons. The van der Waals surface area contributed by atoms with Gasteiger partial charge in [0.05, 0.1) is 11.6 Å². The van der Waals surface area contributed by atoms with Crippen molar-refractivity contribution in [2.45, 2.75) is 18.9 Å². The van der Waals surface area contributed by atoms with E-state index in [9.17, 15) is 9.59 Å². The van der Waals surface area contributed by atoms with Gasteiger partial charge in [0.1, 0.15) is 6.61 Å². The number of carbonyl (C=O) groups excluding carboxylic acids is 2. The molecule has 2 aliphatic rings. The SMILES string of the molecule is O=C(c1ccccc1)c1ccc2n1CCC2C(=O)OCCN1CCNCC1. The average molecular weight is 367 g/mol. The molecule has 6 heteroatoms. The van der Waals surface area contributed by atoms with Gasteiger partial charge >= 0.3 is 5.97 Å². The lowest BCUT2D eigenvalue weighted by molar-refractivity contribution is -0.145. The van der Waals surface area contributed by atoms with Gasteiger partial charge in [-0.25, -0.2) is 0 Å². The van der Waals surface area contributed by atoms with Crippen LogP contribution in [0.5, 0.6) is 0 Å². The lowest BCUT2D eigenvalue weighted by Crippen LogP contribution is -2.44. The summed E-state index contributed by atoms with van der Waals surface area (Å²) in [6.07, 6.45) is 0.692. The van der Waals surface area contributed by atoms with E-state index in [0.717, 1.165) is 38.4 Å². The van der Waals surface area contributed by atoms with Crippen molar-refractivity contribution in [3.8, 4) is 0 Å². The van der Waals surface area contributed by atoms with E-state index in [1.807, 2.05) is 47.0 Å². The van der Waals surface area contributed by atoms with Gasteiger partial charge in [0.25, 0.3) is 0 Å². The van der Waals surface area contributed by atoms with E-state index in [1.54, 1.807) is 0 Å². The highest BCUT2D eigenvalue weighted by Crippen LogP contribution is 2.32. The molecule has 1 aromatic heterocycles. The number of hydrogen-bond acceptors (Lipinski definition) is 5. The van der Waals surface area contributed by atoms with Gasteiger partial charge in [-0.1, -0.05) is 30.3 Å². The summed E-state index contributed by atoms with van der Waals surface area (Å²) in [7, 11) is 0. The summed E-state index contributed by atoms with van der Waals surface area (Å²) < 4.78 is 7.51. The van der Waals surface area contributed by atoms with Crippen molar-refractivity contribution < 1.29 is 14.3 Å². The highest BCUT2D eigenvalue weighted by Gasteiger charge is 2.33. The number of piperazine rings is 1. The topological polar surface area (TPSA) is 63.6 Å². The van der Waals surface area contributed by atoms with Crippen molar-refractivity contribution in [2.75, 3.05) is 39.3 Å². The van der Waals surface area contributed by atoms with Crippen molar-refractivity contribution in [1.29, 1.82) is 0 Å². The summed E-state index contributed by atoms with van der Waals surface area (Å²) in [4.78, 5) is 27.6. The summed E-state index contributed by atoms with van der Waals surface area (Å²) in [6.45, 7) is 5.84. The maximum atomic E-state index is 12.7. The van der Waals surface area contributed by atoms with E-state index in [0.29, 0.717) is 30.8 Å². The molecule has 0 radical (unpaired) electrons. The minimum Gasteiger partial charge on any atom is -0.464 e. The molecule has 0 aliphatic carbocycles. The summed E-state index contributed by atoms with van der Waals surface area (Å²) >= 11 is 0. The molecule has 1 unspecified atom stereocenters. The largest absolute Gasteiger partial charge is 0.464 e. The summed E-state index contributed by atoms with van der Waals surface area (Å²) in [5.74, 6) is -0.458. The van der Waals surface area contributed by atoms with Crippen LogP contribution in [0.2, 0.25) is 0 Å². The number of nitrogens with zero attached hydrogens (tertiary/aromatic N) is 2. The molecule has 1 fully saturated rings. The van der Waals surface area contributed by atoms with Gasteiger partial charge in [-0.2, -0.15) is 0 Å². The Labute approximate surface area is 159 Å². The van der Waals surface area contributed by atoms with Crippen molar-refractivity contribution in [3.05, 3.63) is 59.4 Å². The molecule has 1 aromatic carbocycles. The number of benzene rings is 1. The molecular formula is C21H25N3O3. The molecular weight excluding hydrogens is 342 g/mol. The molecule has 0 saturated carbocycles. The van der Waals surface area contributed by atoms with Gasteiger partial charge in [-0.3, -0.25) is 14.5 Å². The van der Waals surface area contributed by atoms with E-state index < -0.39 is 0 Å². The lowest BCUT2D eigenvalue weighted by Gasteiger charge is -2.26. The molecule has 6 nitrogen and oxygen atoms in total. The Balaban J connectivity index is 1.38. The first kappa shape index (κ1) is 17.9. The Hall–Kier alpha value is -2.44. The second kappa shape index (κ2) is 8.06. The number of ether oxygens (including phenoxy) is 1. The zero-order valence-corrected chi connectivity index (χ0v) is 15.4. The van der Waals surface area contributed by atoms with Crippen LogP contribution in [0.15, 0.2) is 42.5 Å². The fourth-order valence-corrected chi connectivity index (χ4v) is 3.93. The molecule has 0 spiro atoms. The van der Waals surface area contributed by atoms with Gasteiger partial charge in [-0.05, 0) is 18.6 Å². The molecule has 0 amide bonds. The fourth-order valence-electron chi connectivity index (χ4n) is 3.93. The van der Waals surface area contributed by atoms with Gasteiger partial charge < -0.3 is 14.6 Å². The number of esters is 1. The number of carbonyl (C=O) groups is 2. The highest BCUT2D eigenvalue weighted by molar-refractivity contribution is 6.08. The van der Waals surface area contributed by atoms with E-state index in [4.69, 9.17) is 4.74 Å². The molecule has 3 heterocycles. The molecule has 4 rings (SSSR count). The third-order valence-electron chi connectivity index (χ3n) is 5.43. The second-order valence-electron chi connectivity index (χ2n) is 7.09. The molecule has 0 bridgehead atoms. The number of aromatic nitrogens is 1. The molecule has 1 atom stereocenters. The normalized spacial score (nSPS) is 19.6. The smallest absolute Gasteiger partial charge is 0.315 e. The Morgan fingerprint density at radius 2 is 1.81 bits per heavy atom. The minimum atomic E-state index is -0.273. The average Bonchev–Trinajstić information content (AvgIpc) is 3.31. The zero-order valence-electron chi connectivity index (χ0n) is 15.4. The molecule has 2 aromatic rings. The maximum Gasteiger partial charge on any atom is 0.315 e. The summed E-state index contributed by atoms with van der Waals surface area (Å²) in [6, 6.07) is 13.0. The maximum absolute atomic E-state index is 12.7. The van der Waals surface area contributed by atoms with Gasteiger partial charge in [0.2, 0.25) is 5.78 Å². The molecule has 1 saturated heterocycles. The van der Waals surface area contributed by atoms with Crippen molar-refractivity contribution in [2.24, 2.45) is 0 Å². The first-order valence-electron chi connectivity index (χ1n) is 9.63. The lowest BCUT2D eigenvalue weighted by atomic mass is 10.1. The van der Waals surface area contributed by atoms with Crippen LogP contribution in [0, 0.1) is 0 Å². The van der Waals surface area contributed by atoms with Crippen LogP contribution in [-0.4, -0.2) is 60.6 Å². The fraction of sp³-hybridized carbons (Fsp3) is 0.429. The van der Waals surface area contributed by atoms with Crippen LogP contribution in [-0.2, 0) is 16.1 Å². The second-order valence-corrected chi connectivity index (χ2v) is 7.09. The van der Waals surface area contributed by atoms with Crippen LogP contribution >= 0.6 is 0 Å². The third kappa shape index (κ3) is 3.82. The first-order chi connectivity index (χ1) is 13.2. The van der Waals surface area contributed by atoms with E-state index in [1.165, 1.54) is 0 Å². The quantitative estimate of drug-likeness (QED) is 0.621. The van der Waals surface area contributed by atoms with Crippen molar-refractivity contribution >= 4 is 11.8 Å². The van der Waals surface area contributed by atoms with Crippen LogP contribution in [0.25, 0.3) is 0 Å². The van der Waals surface area contributed by atoms with E-state index in [2.05, 4.69) is 10.2 Å². The Morgan fingerprint density at radius 1 is 1.04 bits per heavy atom. The monoisotopic (exact) mass is 367 g/mol. The van der Waals surface area contributed by atoms with Crippen LogP contribution < -0.4 is 5.32 Å². The number of hydrogen-bond donors (Lipinski definition) is 1. The van der Waals surface area contributed by atoms with Gasteiger partial charge in [-0.15, -0.1) is 0 Å². The van der Waals surface area contributed by atoms with Gasteiger partial charge in [0, 0.05) is 50.5 Å². The van der Waals surface area contributed by atoms with Crippen LogP contribution in [0.1, 0.15) is 34.1 Å². The molecule has 27 heavy (non-hydrogen) atoms. The van der Waals surface area contributed by atoms with Gasteiger partial charge in [0.15, 0.2) is 0 Å². The molecule has 2 aliphatic heterocycles. The summed E-state index contributed by atoms with van der Waals surface area (Å²) in [5, 5.41) is 3.31. The zero-order chi connectivity index (χ0) is 18.6. The minimum absolute atomic E-state index is 0.00502. The van der Waals surface area contributed by atoms with E-state index in [-0.39, 0.29) is 17.7 Å². The standard InChI is InChI=1S/C21H25N3O3/c25-20(16-4-2-1-3-5-16)19-7-6-18-17(8-11-24(18)19)21(26)27-15-14-23-12-9-22-10-13-23/h1-7,17,22H,8-15H2. The third-order valence-corrected chi connectivity index (χ3v) is 5.43. The van der Waals surface area contributed by atoms with E-state index >= 15 is 0 Å². The van der Waals surface area contributed by atoms with Crippen molar-refractivity contribution in [3.63, 3.8) is 0 Å². The Morgan fingerprint density at radius 3 is 2.59 bits per heavy atom. The van der Waals surface area contributed by atoms with Crippen LogP contribution in [0.4, 0.5) is 0 Å². The van der Waals surface area contributed by atoms with Crippen molar-refractivity contribution in [1.82, 2.24) is 14.8 Å². The Bertz CT molecular complexity index is 809. The predicted octanol–water partition coefficient (Wildman–Crippen LogP) is 1.65. The number of nitrogens with one attached hydrogen (secondary N) is 1. The number of ketones is 1. The summed E-state index contributed by atoms with van der Waals surface area (Å²) in [5.41, 5.74) is 2.20.